The average molecular weight is 185 g/mol. The van der Waals surface area contributed by atoms with Crippen LogP contribution in [0.2, 0.25) is 0 Å². The highest BCUT2D eigenvalue weighted by molar-refractivity contribution is 4.85. The molecule has 1 saturated heterocycles. The van der Waals surface area contributed by atoms with Gasteiger partial charge in [-0.25, -0.2) is 0 Å². The van der Waals surface area contributed by atoms with Crippen LogP contribution in [0.25, 0.3) is 0 Å². The van der Waals surface area contributed by atoms with Gasteiger partial charge in [-0.1, -0.05) is 13.8 Å². The third-order valence-electron chi connectivity index (χ3n) is 3.38. The van der Waals surface area contributed by atoms with Crippen molar-refractivity contribution in [2.75, 3.05) is 13.2 Å². The van der Waals surface area contributed by atoms with Crippen LogP contribution in [-0.2, 0) is 0 Å². The Morgan fingerprint density at radius 2 is 2.00 bits per heavy atom. The van der Waals surface area contributed by atoms with Gasteiger partial charge in [0.05, 0.1) is 0 Å². The lowest BCUT2D eigenvalue weighted by Crippen LogP contribution is -2.37. The molecule has 0 aliphatic carbocycles. The van der Waals surface area contributed by atoms with E-state index < -0.39 is 0 Å². The van der Waals surface area contributed by atoms with E-state index in [1.54, 1.807) is 0 Å². The SMILES string of the molecule is CCC(CC)N1CC(CO)CC1C. The highest BCUT2D eigenvalue weighted by Gasteiger charge is 2.31. The zero-order valence-corrected chi connectivity index (χ0v) is 9.16. The van der Waals surface area contributed by atoms with Crippen molar-refractivity contribution >= 4 is 0 Å². The van der Waals surface area contributed by atoms with Gasteiger partial charge < -0.3 is 5.11 Å². The number of nitrogens with zero attached hydrogens (tertiary/aromatic N) is 1. The summed E-state index contributed by atoms with van der Waals surface area (Å²) in [5.41, 5.74) is 0. The second-order valence-corrected chi connectivity index (χ2v) is 4.30. The fraction of sp³-hybridized carbons (Fsp3) is 1.00. The van der Waals surface area contributed by atoms with Crippen molar-refractivity contribution in [3.8, 4) is 0 Å². The fourth-order valence-electron chi connectivity index (χ4n) is 2.57. The van der Waals surface area contributed by atoms with Crippen LogP contribution in [0.1, 0.15) is 40.0 Å². The summed E-state index contributed by atoms with van der Waals surface area (Å²) >= 11 is 0. The van der Waals surface area contributed by atoms with E-state index in [0.29, 0.717) is 18.6 Å². The largest absolute Gasteiger partial charge is 0.396 e. The van der Waals surface area contributed by atoms with E-state index >= 15 is 0 Å². The molecule has 1 aliphatic rings. The molecule has 1 aliphatic heterocycles. The summed E-state index contributed by atoms with van der Waals surface area (Å²) in [6.07, 6.45) is 3.64. The first-order valence-electron chi connectivity index (χ1n) is 5.59. The summed E-state index contributed by atoms with van der Waals surface area (Å²) < 4.78 is 0. The Labute approximate surface area is 81.9 Å². The van der Waals surface area contributed by atoms with Gasteiger partial charge in [0.25, 0.3) is 0 Å². The van der Waals surface area contributed by atoms with E-state index in [4.69, 9.17) is 5.11 Å². The summed E-state index contributed by atoms with van der Waals surface area (Å²) in [6.45, 7) is 8.26. The Morgan fingerprint density at radius 1 is 1.38 bits per heavy atom. The van der Waals surface area contributed by atoms with Gasteiger partial charge in [-0.05, 0) is 32.1 Å². The van der Waals surface area contributed by atoms with Crippen molar-refractivity contribution in [2.45, 2.75) is 52.1 Å². The molecule has 1 rings (SSSR count). The smallest absolute Gasteiger partial charge is 0.0472 e. The van der Waals surface area contributed by atoms with E-state index in [1.807, 2.05) is 0 Å². The molecular formula is C11H23NO. The quantitative estimate of drug-likeness (QED) is 0.723. The molecule has 2 nitrogen and oxygen atoms in total. The van der Waals surface area contributed by atoms with Crippen molar-refractivity contribution in [2.24, 2.45) is 5.92 Å². The topological polar surface area (TPSA) is 23.5 Å². The van der Waals surface area contributed by atoms with Gasteiger partial charge in [-0.2, -0.15) is 0 Å². The number of aliphatic hydroxyl groups excluding tert-OH is 1. The van der Waals surface area contributed by atoms with Crippen LogP contribution in [0.3, 0.4) is 0 Å². The van der Waals surface area contributed by atoms with Crippen LogP contribution in [-0.4, -0.2) is 35.2 Å². The summed E-state index contributed by atoms with van der Waals surface area (Å²) in [7, 11) is 0. The highest BCUT2D eigenvalue weighted by atomic mass is 16.3. The van der Waals surface area contributed by atoms with E-state index in [9.17, 15) is 0 Å². The predicted molar refractivity (Wildman–Crippen MR) is 55.7 cm³/mol. The third kappa shape index (κ3) is 2.44. The minimum absolute atomic E-state index is 0.362. The van der Waals surface area contributed by atoms with Crippen LogP contribution >= 0.6 is 0 Å². The van der Waals surface area contributed by atoms with E-state index in [1.165, 1.54) is 19.3 Å². The molecule has 0 amide bonds. The molecular weight excluding hydrogens is 162 g/mol. The molecule has 13 heavy (non-hydrogen) atoms. The third-order valence-corrected chi connectivity index (χ3v) is 3.38. The van der Waals surface area contributed by atoms with E-state index in [-0.39, 0.29) is 0 Å². The zero-order valence-electron chi connectivity index (χ0n) is 9.16. The second kappa shape index (κ2) is 4.97. The predicted octanol–water partition coefficient (Wildman–Crippen LogP) is 1.88. The van der Waals surface area contributed by atoms with Gasteiger partial charge >= 0.3 is 0 Å². The Bertz CT molecular complexity index is 145. The number of hydrogen-bond acceptors (Lipinski definition) is 2. The van der Waals surface area contributed by atoms with Crippen LogP contribution in [0.4, 0.5) is 0 Å². The Morgan fingerprint density at radius 3 is 2.38 bits per heavy atom. The van der Waals surface area contributed by atoms with Crippen LogP contribution in [0, 0.1) is 5.92 Å². The van der Waals surface area contributed by atoms with Gasteiger partial charge in [0.15, 0.2) is 0 Å². The Hall–Kier alpha value is -0.0800. The fourth-order valence-corrected chi connectivity index (χ4v) is 2.57. The molecule has 2 heteroatoms. The van der Waals surface area contributed by atoms with Crippen LogP contribution in [0.15, 0.2) is 0 Å². The number of likely N-dealkylation sites (tertiary alicyclic amines) is 1. The van der Waals surface area contributed by atoms with Gasteiger partial charge in [-0.15, -0.1) is 0 Å². The Kier molecular flexibility index (Phi) is 4.20. The first-order chi connectivity index (χ1) is 6.22. The lowest BCUT2D eigenvalue weighted by atomic mass is 10.1. The molecule has 1 heterocycles. The van der Waals surface area contributed by atoms with Gasteiger partial charge in [0.2, 0.25) is 0 Å². The normalized spacial score (nSPS) is 30.2. The molecule has 0 aromatic rings. The molecule has 1 N–H and O–H groups in total. The molecule has 78 valence electrons. The Balaban J connectivity index is 2.50. The molecule has 0 aromatic heterocycles. The lowest BCUT2D eigenvalue weighted by molar-refractivity contribution is 0.166. The maximum Gasteiger partial charge on any atom is 0.0472 e. The molecule has 0 bridgehead atoms. The maximum absolute atomic E-state index is 9.10. The second-order valence-electron chi connectivity index (χ2n) is 4.30. The molecule has 0 radical (unpaired) electrons. The highest BCUT2D eigenvalue weighted by Crippen LogP contribution is 2.26. The van der Waals surface area contributed by atoms with Gasteiger partial charge in [-0.3, -0.25) is 4.90 Å². The minimum Gasteiger partial charge on any atom is -0.396 e. The van der Waals surface area contributed by atoms with Crippen molar-refractivity contribution < 1.29 is 5.11 Å². The molecule has 0 saturated carbocycles. The minimum atomic E-state index is 0.362. The summed E-state index contributed by atoms with van der Waals surface area (Å²) in [5, 5.41) is 9.10. The van der Waals surface area contributed by atoms with E-state index in [0.717, 1.165) is 12.6 Å². The van der Waals surface area contributed by atoms with Crippen molar-refractivity contribution in [1.29, 1.82) is 0 Å². The van der Waals surface area contributed by atoms with Crippen LogP contribution < -0.4 is 0 Å². The summed E-state index contributed by atoms with van der Waals surface area (Å²) in [6, 6.07) is 1.40. The lowest BCUT2D eigenvalue weighted by Gasteiger charge is -2.29. The summed E-state index contributed by atoms with van der Waals surface area (Å²) in [5.74, 6) is 0.524. The number of hydrogen-bond donors (Lipinski definition) is 1. The summed E-state index contributed by atoms with van der Waals surface area (Å²) in [4.78, 5) is 2.57. The number of aliphatic hydroxyl groups is 1. The molecule has 0 aromatic carbocycles. The first-order valence-corrected chi connectivity index (χ1v) is 5.59. The standard InChI is InChI=1S/C11H23NO/c1-4-11(5-2)12-7-10(8-13)6-9(12)3/h9-11,13H,4-8H2,1-3H3. The molecule has 1 fully saturated rings. The first kappa shape index (κ1) is 11.0. The molecule has 0 spiro atoms. The van der Waals surface area contributed by atoms with E-state index in [2.05, 4.69) is 25.7 Å². The van der Waals surface area contributed by atoms with Crippen LogP contribution in [0.5, 0.6) is 0 Å². The van der Waals surface area contributed by atoms with Crippen molar-refractivity contribution in [3.63, 3.8) is 0 Å². The maximum atomic E-state index is 9.10. The van der Waals surface area contributed by atoms with Gasteiger partial charge in [0, 0.05) is 25.2 Å². The van der Waals surface area contributed by atoms with Crippen molar-refractivity contribution in [3.05, 3.63) is 0 Å². The number of rotatable bonds is 4. The van der Waals surface area contributed by atoms with Gasteiger partial charge in [0.1, 0.15) is 0 Å². The van der Waals surface area contributed by atoms with Crippen molar-refractivity contribution in [1.82, 2.24) is 4.90 Å². The zero-order chi connectivity index (χ0) is 9.84. The molecule has 2 atom stereocenters. The average Bonchev–Trinajstić information content (AvgIpc) is 2.50. The monoisotopic (exact) mass is 185 g/mol. The molecule has 2 unspecified atom stereocenters.